The van der Waals surface area contributed by atoms with Gasteiger partial charge in [-0.05, 0) is 85.8 Å². The van der Waals surface area contributed by atoms with Crippen LogP contribution in [0.15, 0.2) is 70.1 Å². The van der Waals surface area contributed by atoms with E-state index in [0.717, 1.165) is 49.7 Å². The Hall–Kier alpha value is -4.13. The molecule has 1 aromatic heterocycles. The van der Waals surface area contributed by atoms with Crippen LogP contribution in [0.1, 0.15) is 34.3 Å². The lowest BCUT2D eigenvalue weighted by Gasteiger charge is -2.37. The van der Waals surface area contributed by atoms with E-state index in [1.54, 1.807) is 19.2 Å². The van der Waals surface area contributed by atoms with Crippen molar-refractivity contribution in [2.45, 2.75) is 25.7 Å². The summed E-state index contributed by atoms with van der Waals surface area (Å²) in [6.07, 6.45) is 4.12. The number of nitrogens with zero attached hydrogens (tertiary/aromatic N) is 2. The molecular weight excluding hydrogens is 457 g/mol. The number of carbonyl (C=O) groups is 1. The first kappa shape index (κ1) is 22.3. The van der Waals surface area contributed by atoms with Crippen LogP contribution < -0.4 is 20.5 Å². The first-order chi connectivity index (χ1) is 17.6. The summed E-state index contributed by atoms with van der Waals surface area (Å²) in [4.78, 5) is 20.6. The van der Waals surface area contributed by atoms with E-state index in [0.29, 0.717) is 22.7 Å². The van der Waals surface area contributed by atoms with Gasteiger partial charge in [-0.2, -0.15) is 0 Å². The third kappa shape index (κ3) is 4.11. The molecule has 7 heteroatoms. The molecule has 182 valence electrons. The standard InChI is InChI=1S/C29H26FN3O3/c1-35-23-11-9-21(10-12-23)32-29-25(28(34)31-22-7-2-6-20(30)17-22)16-19-15-18-5-3-13-33-14-4-8-24(26(18)33)27(19)36-29/h2,6-7,9-12,15-17H,3-5,8,13-14H2,1H3,(H,31,34). The van der Waals surface area contributed by atoms with Crippen LogP contribution >= 0.6 is 0 Å². The zero-order chi connectivity index (χ0) is 24.6. The molecule has 0 saturated carbocycles. The Morgan fingerprint density at radius 1 is 1.06 bits per heavy atom. The summed E-state index contributed by atoms with van der Waals surface area (Å²) in [7, 11) is 1.61. The van der Waals surface area contributed by atoms with Crippen molar-refractivity contribution < 1.29 is 18.3 Å². The van der Waals surface area contributed by atoms with Crippen molar-refractivity contribution in [2.24, 2.45) is 4.99 Å². The Morgan fingerprint density at radius 3 is 2.64 bits per heavy atom. The molecule has 6 rings (SSSR count). The van der Waals surface area contributed by atoms with Gasteiger partial charge in [0, 0.05) is 35.4 Å². The molecule has 0 atom stereocenters. The maximum absolute atomic E-state index is 13.7. The van der Waals surface area contributed by atoms with Crippen LogP contribution in [0.4, 0.5) is 21.5 Å². The molecule has 0 radical (unpaired) electrons. The van der Waals surface area contributed by atoms with Crippen LogP contribution in [0.2, 0.25) is 0 Å². The number of ether oxygens (including phenoxy) is 1. The number of methoxy groups -OCH3 is 1. The fraction of sp³-hybridized carbons (Fsp3) is 0.241. The minimum absolute atomic E-state index is 0.214. The summed E-state index contributed by atoms with van der Waals surface area (Å²) in [5.74, 6) is -0.120. The molecule has 2 aliphatic rings. The van der Waals surface area contributed by atoms with Crippen molar-refractivity contribution in [2.75, 3.05) is 30.4 Å². The van der Waals surface area contributed by atoms with E-state index >= 15 is 0 Å². The zero-order valence-electron chi connectivity index (χ0n) is 20.0. The average Bonchev–Trinajstić information content (AvgIpc) is 2.89. The highest BCUT2D eigenvalue weighted by Crippen LogP contribution is 2.39. The maximum Gasteiger partial charge on any atom is 0.261 e. The number of amides is 1. The van der Waals surface area contributed by atoms with Crippen molar-refractivity contribution in [3.8, 4) is 5.75 Å². The van der Waals surface area contributed by atoms with Crippen LogP contribution in [0.5, 0.6) is 5.75 Å². The largest absolute Gasteiger partial charge is 0.497 e. The van der Waals surface area contributed by atoms with Gasteiger partial charge in [0.25, 0.3) is 5.91 Å². The van der Waals surface area contributed by atoms with Crippen LogP contribution in [-0.4, -0.2) is 26.1 Å². The predicted octanol–water partition coefficient (Wildman–Crippen LogP) is 5.76. The predicted molar refractivity (Wildman–Crippen MR) is 138 cm³/mol. The van der Waals surface area contributed by atoms with Crippen LogP contribution in [0.25, 0.3) is 11.0 Å². The fourth-order valence-corrected chi connectivity index (χ4v) is 5.24. The number of fused-ring (bicyclic) bond motifs is 2. The average molecular weight is 484 g/mol. The molecule has 0 aliphatic carbocycles. The minimum Gasteiger partial charge on any atom is -0.497 e. The van der Waals surface area contributed by atoms with Gasteiger partial charge in [0.15, 0.2) is 0 Å². The number of anilines is 2. The van der Waals surface area contributed by atoms with E-state index in [1.165, 1.54) is 28.9 Å². The second kappa shape index (κ2) is 9.15. The Kier molecular flexibility index (Phi) is 5.68. The van der Waals surface area contributed by atoms with E-state index in [9.17, 15) is 9.18 Å². The maximum atomic E-state index is 13.7. The van der Waals surface area contributed by atoms with Crippen LogP contribution in [0.3, 0.4) is 0 Å². The number of halogens is 1. The Bertz CT molecular complexity index is 1540. The zero-order valence-corrected chi connectivity index (χ0v) is 20.0. The number of carbonyl (C=O) groups excluding carboxylic acids is 1. The van der Waals surface area contributed by atoms with Crippen molar-refractivity contribution in [1.29, 1.82) is 0 Å². The molecule has 3 heterocycles. The van der Waals surface area contributed by atoms with Gasteiger partial charge in [0.1, 0.15) is 22.7 Å². The lowest BCUT2D eigenvalue weighted by molar-refractivity contribution is 0.102. The molecule has 1 amide bonds. The Balaban J connectivity index is 1.54. The number of aryl methyl sites for hydroxylation is 2. The number of hydrogen-bond acceptors (Lipinski definition) is 5. The molecule has 0 bridgehead atoms. The first-order valence-electron chi connectivity index (χ1n) is 12.2. The third-order valence-electron chi connectivity index (χ3n) is 6.86. The third-order valence-corrected chi connectivity index (χ3v) is 6.86. The summed E-state index contributed by atoms with van der Waals surface area (Å²) in [5.41, 5.74) is 6.06. The van der Waals surface area contributed by atoms with E-state index < -0.39 is 11.7 Å². The van der Waals surface area contributed by atoms with Crippen molar-refractivity contribution in [3.05, 3.63) is 88.7 Å². The van der Waals surface area contributed by atoms with Crippen LogP contribution in [-0.2, 0) is 12.8 Å². The number of nitrogens with one attached hydrogen (secondary N) is 1. The highest BCUT2D eigenvalue weighted by atomic mass is 19.1. The normalized spacial score (nSPS) is 15.1. The quantitative estimate of drug-likeness (QED) is 0.401. The summed E-state index contributed by atoms with van der Waals surface area (Å²) in [5, 5.41) is 3.67. The minimum atomic E-state index is -0.422. The summed E-state index contributed by atoms with van der Waals surface area (Å²) in [6.45, 7) is 2.12. The molecule has 3 aromatic carbocycles. The Labute approximate surface area is 208 Å². The Morgan fingerprint density at radius 2 is 1.86 bits per heavy atom. The number of benzene rings is 3. The molecule has 0 spiro atoms. The highest BCUT2D eigenvalue weighted by molar-refractivity contribution is 6.06. The van der Waals surface area contributed by atoms with E-state index in [-0.39, 0.29) is 5.55 Å². The van der Waals surface area contributed by atoms with Crippen molar-refractivity contribution in [3.63, 3.8) is 0 Å². The second-order valence-electron chi connectivity index (χ2n) is 9.21. The lowest BCUT2D eigenvalue weighted by atomic mass is 9.90. The molecule has 6 nitrogen and oxygen atoms in total. The molecule has 0 fully saturated rings. The second-order valence-corrected chi connectivity index (χ2v) is 9.21. The van der Waals surface area contributed by atoms with Gasteiger partial charge in [-0.15, -0.1) is 0 Å². The van der Waals surface area contributed by atoms with Gasteiger partial charge < -0.3 is 19.4 Å². The molecule has 1 N–H and O–H groups in total. The fourth-order valence-electron chi connectivity index (χ4n) is 5.24. The summed E-state index contributed by atoms with van der Waals surface area (Å²) >= 11 is 0. The molecule has 4 aromatic rings. The monoisotopic (exact) mass is 483 g/mol. The van der Waals surface area contributed by atoms with Crippen molar-refractivity contribution >= 4 is 33.9 Å². The smallest absolute Gasteiger partial charge is 0.261 e. The van der Waals surface area contributed by atoms with Gasteiger partial charge in [0.2, 0.25) is 5.55 Å². The van der Waals surface area contributed by atoms with Gasteiger partial charge >= 0.3 is 0 Å². The molecule has 36 heavy (non-hydrogen) atoms. The number of hydrogen-bond donors (Lipinski definition) is 1. The number of rotatable bonds is 4. The van der Waals surface area contributed by atoms with E-state index in [1.807, 2.05) is 30.3 Å². The molecule has 0 unspecified atom stereocenters. The van der Waals surface area contributed by atoms with Gasteiger partial charge in [0.05, 0.1) is 12.8 Å². The SMILES string of the molecule is COc1ccc(N=c2oc3c4c5c(cc3cc2C(=O)Nc2cccc(F)c2)CCCN5CCC4)cc1. The van der Waals surface area contributed by atoms with Crippen LogP contribution in [0, 0.1) is 5.82 Å². The topological polar surface area (TPSA) is 67.1 Å². The van der Waals surface area contributed by atoms with Gasteiger partial charge in [-0.1, -0.05) is 6.07 Å². The van der Waals surface area contributed by atoms with E-state index in [2.05, 4.69) is 16.3 Å². The van der Waals surface area contributed by atoms with Gasteiger partial charge in [-0.25, -0.2) is 9.38 Å². The summed E-state index contributed by atoms with van der Waals surface area (Å²) < 4.78 is 25.4. The van der Waals surface area contributed by atoms with Crippen molar-refractivity contribution in [1.82, 2.24) is 0 Å². The van der Waals surface area contributed by atoms with Gasteiger partial charge in [-0.3, -0.25) is 4.79 Å². The highest BCUT2D eigenvalue weighted by Gasteiger charge is 2.27. The molecule has 2 aliphatic heterocycles. The lowest BCUT2D eigenvalue weighted by Crippen LogP contribution is -2.34. The van der Waals surface area contributed by atoms with E-state index in [4.69, 9.17) is 14.1 Å². The summed E-state index contributed by atoms with van der Waals surface area (Å²) in [6, 6.07) is 17.1. The first-order valence-corrected chi connectivity index (χ1v) is 12.2. The molecular formula is C29H26FN3O3. The molecule has 0 saturated heterocycles.